The van der Waals surface area contributed by atoms with Gasteiger partial charge in [-0.1, -0.05) is 0 Å². The summed E-state index contributed by atoms with van der Waals surface area (Å²) in [4.78, 5) is 12.7. The van der Waals surface area contributed by atoms with Crippen LogP contribution in [0.25, 0.3) is 0 Å². The van der Waals surface area contributed by atoms with Gasteiger partial charge in [0.05, 0.1) is 5.75 Å². The standard InChI is InChI=1S/C14H25N5O3S.ClH/c1-12(2)18-23(21,22)11-9-16-13(20)14(4-7-15-8-5-14)19-10-3-6-17-19;/h3,6,10,12,15,18H,4-5,7-9,11H2,1-2H3,(H,16,20);1H. The number of carbonyl (C=O) groups is 1. The van der Waals surface area contributed by atoms with Gasteiger partial charge in [0, 0.05) is 25.0 Å². The lowest BCUT2D eigenvalue weighted by Crippen LogP contribution is -2.55. The Bertz CT molecular complexity index is 612. The highest BCUT2D eigenvalue weighted by atomic mass is 35.5. The molecule has 0 spiro atoms. The molecule has 0 radical (unpaired) electrons. The van der Waals surface area contributed by atoms with Crippen molar-refractivity contribution in [2.75, 3.05) is 25.4 Å². The van der Waals surface area contributed by atoms with Gasteiger partial charge in [0.2, 0.25) is 15.9 Å². The van der Waals surface area contributed by atoms with Gasteiger partial charge < -0.3 is 10.6 Å². The topological polar surface area (TPSA) is 105 Å². The van der Waals surface area contributed by atoms with E-state index in [2.05, 4.69) is 20.5 Å². The Kier molecular flexibility index (Phi) is 7.65. The minimum Gasteiger partial charge on any atom is -0.353 e. The first kappa shape index (κ1) is 20.9. The molecule has 0 aromatic carbocycles. The number of nitrogens with zero attached hydrogens (tertiary/aromatic N) is 2. The Balaban J connectivity index is 0.00000288. The molecule has 1 aliphatic rings. The third-order valence-electron chi connectivity index (χ3n) is 3.87. The zero-order valence-electron chi connectivity index (χ0n) is 14.0. The summed E-state index contributed by atoms with van der Waals surface area (Å²) in [7, 11) is -3.38. The number of hydrogen-bond acceptors (Lipinski definition) is 5. The van der Waals surface area contributed by atoms with Crippen LogP contribution in [0.4, 0.5) is 0 Å². The van der Waals surface area contributed by atoms with Gasteiger partial charge >= 0.3 is 0 Å². The Labute approximate surface area is 149 Å². The molecule has 0 atom stereocenters. The number of rotatable bonds is 7. The fourth-order valence-corrected chi connectivity index (χ4v) is 4.01. The van der Waals surface area contributed by atoms with Crippen LogP contribution in [-0.4, -0.2) is 55.5 Å². The van der Waals surface area contributed by atoms with E-state index in [1.165, 1.54) is 0 Å². The van der Waals surface area contributed by atoms with Gasteiger partial charge in [0.15, 0.2) is 0 Å². The minimum atomic E-state index is -3.38. The molecule has 2 rings (SSSR count). The van der Waals surface area contributed by atoms with E-state index in [9.17, 15) is 13.2 Å². The number of hydrogen-bond donors (Lipinski definition) is 3. The molecule has 0 saturated carbocycles. The van der Waals surface area contributed by atoms with Crippen LogP contribution in [-0.2, 0) is 20.4 Å². The van der Waals surface area contributed by atoms with Crippen molar-refractivity contribution >= 4 is 28.3 Å². The monoisotopic (exact) mass is 379 g/mol. The molecule has 8 nitrogen and oxygen atoms in total. The van der Waals surface area contributed by atoms with E-state index in [0.717, 1.165) is 13.1 Å². The summed E-state index contributed by atoms with van der Waals surface area (Å²) in [6.07, 6.45) is 4.67. The van der Waals surface area contributed by atoms with Crippen molar-refractivity contribution in [2.45, 2.75) is 38.3 Å². The van der Waals surface area contributed by atoms with E-state index < -0.39 is 15.6 Å². The molecule has 0 aliphatic carbocycles. The fraction of sp³-hybridized carbons (Fsp3) is 0.714. The van der Waals surface area contributed by atoms with Crippen LogP contribution >= 0.6 is 12.4 Å². The lowest BCUT2D eigenvalue weighted by atomic mass is 9.87. The predicted molar refractivity (Wildman–Crippen MR) is 94.6 cm³/mol. The Hall–Kier alpha value is -1.16. The summed E-state index contributed by atoms with van der Waals surface area (Å²) in [5.41, 5.74) is -0.746. The highest BCUT2D eigenvalue weighted by Crippen LogP contribution is 2.27. The molecule has 1 aliphatic heterocycles. The van der Waals surface area contributed by atoms with Crippen LogP contribution < -0.4 is 15.4 Å². The lowest BCUT2D eigenvalue weighted by Gasteiger charge is -2.36. The van der Waals surface area contributed by atoms with Gasteiger partial charge in [-0.05, 0) is 45.8 Å². The first-order chi connectivity index (χ1) is 10.9. The zero-order valence-corrected chi connectivity index (χ0v) is 15.6. The van der Waals surface area contributed by atoms with E-state index in [0.29, 0.717) is 12.8 Å². The molecule has 1 aromatic rings. The molecule has 1 saturated heterocycles. The SMILES string of the molecule is CC(C)NS(=O)(=O)CCNC(=O)C1(n2cccn2)CCNCC1.Cl. The van der Waals surface area contributed by atoms with Crippen LogP contribution in [0.3, 0.4) is 0 Å². The maximum atomic E-state index is 12.7. The van der Waals surface area contributed by atoms with Crippen molar-refractivity contribution in [2.24, 2.45) is 0 Å². The summed E-state index contributed by atoms with van der Waals surface area (Å²) in [6.45, 7) is 5.05. The van der Waals surface area contributed by atoms with Crippen molar-refractivity contribution in [1.29, 1.82) is 0 Å². The second-order valence-corrected chi connectivity index (χ2v) is 7.95. The second kappa shape index (κ2) is 8.80. The highest BCUT2D eigenvalue weighted by Gasteiger charge is 2.41. The summed E-state index contributed by atoms with van der Waals surface area (Å²) in [5, 5.41) is 10.2. The predicted octanol–water partition coefficient (Wildman–Crippen LogP) is -0.172. The van der Waals surface area contributed by atoms with Gasteiger partial charge in [-0.15, -0.1) is 12.4 Å². The van der Waals surface area contributed by atoms with Crippen molar-refractivity contribution < 1.29 is 13.2 Å². The Morgan fingerprint density at radius 3 is 2.58 bits per heavy atom. The number of nitrogens with one attached hydrogen (secondary N) is 3. The Morgan fingerprint density at radius 2 is 2.04 bits per heavy atom. The summed E-state index contributed by atoms with van der Waals surface area (Å²) in [6, 6.07) is 1.63. The fourth-order valence-electron chi connectivity index (χ4n) is 2.80. The first-order valence-electron chi connectivity index (χ1n) is 7.85. The molecule has 10 heteroatoms. The number of piperidine rings is 1. The van der Waals surface area contributed by atoms with Gasteiger partial charge in [-0.2, -0.15) is 5.10 Å². The van der Waals surface area contributed by atoms with E-state index in [1.807, 2.05) is 0 Å². The molecule has 138 valence electrons. The number of halogens is 1. The third kappa shape index (κ3) is 5.17. The molecular weight excluding hydrogens is 354 g/mol. The molecular formula is C14H26ClN5O3S. The smallest absolute Gasteiger partial charge is 0.248 e. The van der Waals surface area contributed by atoms with E-state index >= 15 is 0 Å². The van der Waals surface area contributed by atoms with Crippen molar-refractivity contribution in [3.8, 4) is 0 Å². The van der Waals surface area contributed by atoms with Gasteiger partial charge in [0.25, 0.3) is 0 Å². The maximum Gasteiger partial charge on any atom is 0.248 e. The summed E-state index contributed by atoms with van der Waals surface area (Å²) >= 11 is 0. The van der Waals surface area contributed by atoms with Gasteiger partial charge in [0.1, 0.15) is 5.54 Å². The van der Waals surface area contributed by atoms with Crippen molar-refractivity contribution in [1.82, 2.24) is 25.1 Å². The lowest BCUT2D eigenvalue weighted by molar-refractivity contribution is -0.131. The molecule has 2 heterocycles. The van der Waals surface area contributed by atoms with Gasteiger partial charge in [-0.25, -0.2) is 13.1 Å². The number of amides is 1. The van der Waals surface area contributed by atoms with Gasteiger partial charge in [-0.3, -0.25) is 9.48 Å². The van der Waals surface area contributed by atoms with Crippen LogP contribution in [0.2, 0.25) is 0 Å². The quantitative estimate of drug-likeness (QED) is 0.610. The van der Waals surface area contributed by atoms with Crippen molar-refractivity contribution in [3.05, 3.63) is 18.5 Å². The largest absolute Gasteiger partial charge is 0.353 e. The zero-order chi connectivity index (χ0) is 16.9. The average Bonchev–Trinajstić information content (AvgIpc) is 3.01. The molecule has 0 unspecified atom stereocenters. The minimum absolute atomic E-state index is 0. The molecule has 24 heavy (non-hydrogen) atoms. The summed E-state index contributed by atoms with van der Waals surface area (Å²) < 4.78 is 27.8. The maximum absolute atomic E-state index is 12.7. The van der Waals surface area contributed by atoms with E-state index in [4.69, 9.17) is 0 Å². The van der Waals surface area contributed by atoms with E-state index in [1.54, 1.807) is 37.0 Å². The normalized spacial score (nSPS) is 17.3. The molecule has 1 aromatic heterocycles. The first-order valence-corrected chi connectivity index (χ1v) is 9.50. The molecule has 1 fully saturated rings. The van der Waals surface area contributed by atoms with E-state index in [-0.39, 0.29) is 36.7 Å². The highest BCUT2D eigenvalue weighted by molar-refractivity contribution is 7.89. The van der Waals surface area contributed by atoms with Crippen LogP contribution in [0.15, 0.2) is 18.5 Å². The number of aromatic nitrogens is 2. The number of carbonyl (C=O) groups excluding carboxylic acids is 1. The molecule has 3 N–H and O–H groups in total. The van der Waals surface area contributed by atoms with Crippen LogP contribution in [0.5, 0.6) is 0 Å². The van der Waals surface area contributed by atoms with Crippen molar-refractivity contribution in [3.63, 3.8) is 0 Å². The average molecular weight is 380 g/mol. The molecule has 1 amide bonds. The van der Waals surface area contributed by atoms with Crippen LogP contribution in [0.1, 0.15) is 26.7 Å². The Morgan fingerprint density at radius 1 is 1.38 bits per heavy atom. The second-order valence-electron chi connectivity index (χ2n) is 6.08. The molecule has 0 bridgehead atoms. The third-order valence-corrected chi connectivity index (χ3v) is 5.44. The number of sulfonamides is 1. The van der Waals surface area contributed by atoms with Crippen LogP contribution in [0, 0.1) is 0 Å². The summed E-state index contributed by atoms with van der Waals surface area (Å²) in [5.74, 6) is -0.313.